The first-order valence-electron chi connectivity index (χ1n) is 5.77. The van der Waals surface area contributed by atoms with Crippen LogP contribution in [0.3, 0.4) is 0 Å². The van der Waals surface area contributed by atoms with Gasteiger partial charge in [0.05, 0.1) is 16.4 Å². The van der Waals surface area contributed by atoms with Crippen molar-refractivity contribution in [3.8, 4) is 0 Å². The molecule has 0 amide bonds. The molecule has 0 aromatic carbocycles. The van der Waals surface area contributed by atoms with Crippen LogP contribution < -0.4 is 4.72 Å². The summed E-state index contributed by atoms with van der Waals surface area (Å²) in [7, 11) is -7.29. The van der Waals surface area contributed by atoms with Crippen LogP contribution in [0.2, 0.25) is 4.34 Å². The Bertz CT molecular complexity index is 769. The summed E-state index contributed by atoms with van der Waals surface area (Å²) in [6, 6.07) is 0.140. The number of hydrogen-bond acceptors (Lipinski definition) is 7. The Morgan fingerprint density at radius 1 is 1.48 bits per heavy atom. The third kappa shape index (κ3) is 3.92. The van der Waals surface area contributed by atoms with Crippen molar-refractivity contribution in [2.24, 2.45) is 0 Å². The molecule has 1 atom stereocenters. The van der Waals surface area contributed by atoms with E-state index in [1.807, 2.05) is 0 Å². The van der Waals surface area contributed by atoms with Crippen LogP contribution in [0, 0.1) is 10.1 Å². The maximum Gasteiger partial charge on any atom is 0.300 e. The van der Waals surface area contributed by atoms with E-state index in [0.717, 1.165) is 6.07 Å². The van der Waals surface area contributed by atoms with Gasteiger partial charge in [0.25, 0.3) is 15.7 Å². The Labute approximate surface area is 130 Å². The van der Waals surface area contributed by atoms with Crippen molar-refractivity contribution in [2.75, 3.05) is 11.5 Å². The predicted molar refractivity (Wildman–Crippen MR) is 78.0 cm³/mol. The molecule has 1 aliphatic heterocycles. The fraction of sp³-hybridized carbons (Fsp3) is 0.556. The number of nitrogens with zero attached hydrogens (tertiary/aromatic N) is 1. The van der Waals surface area contributed by atoms with Crippen molar-refractivity contribution in [3.63, 3.8) is 0 Å². The quantitative estimate of drug-likeness (QED) is 0.623. The fourth-order valence-electron chi connectivity index (χ4n) is 1.99. The minimum atomic E-state index is -4.03. The van der Waals surface area contributed by atoms with E-state index in [0.29, 0.717) is 24.2 Å². The lowest BCUT2D eigenvalue weighted by Gasteiger charge is -2.22. The van der Waals surface area contributed by atoms with Crippen molar-refractivity contribution in [1.29, 1.82) is 0 Å². The number of nitrogens with one attached hydrogen (secondary N) is 1. The van der Waals surface area contributed by atoms with E-state index in [4.69, 9.17) is 11.6 Å². The Morgan fingerprint density at radius 2 is 2.14 bits per heavy atom. The Balaban J connectivity index is 2.23. The van der Waals surface area contributed by atoms with Gasteiger partial charge in [0.15, 0.2) is 14.2 Å². The molecule has 21 heavy (non-hydrogen) atoms. The number of hydrogen-bond donors (Lipinski definition) is 1. The second kappa shape index (κ2) is 5.80. The van der Waals surface area contributed by atoms with Crippen molar-refractivity contribution in [2.45, 2.75) is 23.1 Å². The highest BCUT2D eigenvalue weighted by Crippen LogP contribution is 2.36. The van der Waals surface area contributed by atoms with E-state index in [-0.39, 0.29) is 20.1 Å². The van der Waals surface area contributed by atoms with Gasteiger partial charge in [-0.05, 0) is 12.8 Å². The van der Waals surface area contributed by atoms with Gasteiger partial charge in [0.1, 0.15) is 4.21 Å². The van der Waals surface area contributed by atoms with Crippen molar-refractivity contribution < 1.29 is 21.8 Å². The average molecular weight is 375 g/mol. The number of thiophene rings is 1. The second-order valence-electron chi connectivity index (χ2n) is 4.56. The van der Waals surface area contributed by atoms with Crippen LogP contribution in [-0.4, -0.2) is 39.3 Å². The third-order valence-corrected chi connectivity index (χ3v) is 8.05. The van der Waals surface area contributed by atoms with Gasteiger partial charge in [-0.15, -0.1) is 11.3 Å². The summed E-state index contributed by atoms with van der Waals surface area (Å²) in [5, 5.41) is 10.7. The van der Waals surface area contributed by atoms with Crippen LogP contribution in [0.15, 0.2) is 10.3 Å². The molecule has 8 nitrogen and oxygen atoms in total. The molecule has 1 N–H and O–H groups in total. The molecule has 118 valence electrons. The molecule has 1 unspecified atom stereocenters. The highest BCUT2D eigenvalue weighted by Gasteiger charge is 2.31. The number of halogens is 1. The standard InChI is InChI=1S/C9H11ClN2O6S3/c10-9-7(12(13)14)4-8(19-9)21(17,18)11-6-2-1-3-20(15,16)5-6/h4,6,11H,1-3,5H2. The molecule has 2 rings (SSSR count). The zero-order chi connectivity index (χ0) is 15.8. The first-order valence-corrected chi connectivity index (χ1v) is 10.3. The molecule has 0 spiro atoms. The van der Waals surface area contributed by atoms with E-state index in [1.54, 1.807) is 0 Å². The van der Waals surface area contributed by atoms with Crippen LogP contribution in [0.25, 0.3) is 0 Å². The van der Waals surface area contributed by atoms with E-state index in [9.17, 15) is 26.9 Å². The maximum absolute atomic E-state index is 12.1. The predicted octanol–water partition coefficient (Wildman–Crippen LogP) is 1.17. The molecule has 1 fully saturated rings. The topological polar surface area (TPSA) is 123 Å². The highest BCUT2D eigenvalue weighted by atomic mass is 35.5. The summed E-state index contributed by atoms with van der Waals surface area (Å²) in [6.07, 6.45) is 0.778. The molecular formula is C9H11ClN2O6S3. The van der Waals surface area contributed by atoms with Crippen molar-refractivity contribution >= 4 is 48.5 Å². The Morgan fingerprint density at radius 3 is 2.67 bits per heavy atom. The normalized spacial score (nSPS) is 22.0. The fourth-order valence-corrected chi connectivity index (χ4v) is 6.68. The van der Waals surface area contributed by atoms with Gasteiger partial charge in [0, 0.05) is 12.1 Å². The van der Waals surface area contributed by atoms with Gasteiger partial charge < -0.3 is 0 Å². The van der Waals surface area contributed by atoms with Gasteiger partial charge in [0.2, 0.25) is 0 Å². The van der Waals surface area contributed by atoms with E-state index in [2.05, 4.69) is 4.72 Å². The van der Waals surface area contributed by atoms with Crippen LogP contribution in [0.4, 0.5) is 5.69 Å². The molecule has 0 aliphatic carbocycles. The number of nitro groups is 1. The third-order valence-electron chi connectivity index (χ3n) is 2.89. The van der Waals surface area contributed by atoms with E-state index in [1.165, 1.54) is 0 Å². The number of sulfone groups is 1. The summed E-state index contributed by atoms with van der Waals surface area (Å²) in [5.41, 5.74) is -0.488. The smallest absolute Gasteiger partial charge is 0.258 e. The van der Waals surface area contributed by atoms with Gasteiger partial charge in [-0.2, -0.15) is 0 Å². The van der Waals surface area contributed by atoms with Crippen LogP contribution in [0.1, 0.15) is 12.8 Å². The SMILES string of the molecule is O=[N+]([O-])c1cc(S(=O)(=O)NC2CCCS(=O)(=O)C2)sc1Cl. The molecule has 0 bridgehead atoms. The zero-order valence-electron chi connectivity index (χ0n) is 10.5. The molecule has 0 saturated carbocycles. The van der Waals surface area contributed by atoms with E-state index < -0.39 is 36.5 Å². The summed E-state index contributed by atoms with van der Waals surface area (Å²) < 4.78 is 48.9. The maximum atomic E-state index is 12.1. The van der Waals surface area contributed by atoms with Crippen LogP contribution in [0.5, 0.6) is 0 Å². The molecule has 0 radical (unpaired) electrons. The zero-order valence-corrected chi connectivity index (χ0v) is 13.7. The van der Waals surface area contributed by atoms with Crippen LogP contribution >= 0.6 is 22.9 Å². The minimum Gasteiger partial charge on any atom is -0.258 e. The largest absolute Gasteiger partial charge is 0.300 e. The number of rotatable bonds is 4. The second-order valence-corrected chi connectivity index (χ2v) is 10.4. The highest BCUT2D eigenvalue weighted by molar-refractivity contribution is 7.92. The van der Waals surface area contributed by atoms with Gasteiger partial charge in [-0.3, -0.25) is 10.1 Å². The summed E-state index contributed by atoms with van der Waals surface area (Å²) >= 11 is 6.18. The molecule has 2 heterocycles. The number of sulfonamides is 1. The van der Waals surface area contributed by atoms with Gasteiger partial charge >= 0.3 is 0 Å². The monoisotopic (exact) mass is 374 g/mol. The molecule has 1 saturated heterocycles. The van der Waals surface area contributed by atoms with Gasteiger partial charge in [-0.25, -0.2) is 21.6 Å². The molecule has 1 aliphatic rings. The van der Waals surface area contributed by atoms with Crippen LogP contribution in [-0.2, 0) is 19.9 Å². The molecule has 1 aromatic rings. The lowest BCUT2D eigenvalue weighted by Crippen LogP contribution is -2.42. The van der Waals surface area contributed by atoms with Crippen molar-refractivity contribution in [1.82, 2.24) is 4.72 Å². The summed E-state index contributed by atoms with van der Waals surface area (Å²) in [4.78, 5) is 9.90. The molecule has 12 heteroatoms. The lowest BCUT2D eigenvalue weighted by molar-refractivity contribution is -0.384. The first kappa shape index (κ1) is 16.6. The summed E-state index contributed by atoms with van der Waals surface area (Å²) in [5.74, 6) is -0.227. The average Bonchev–Trinajstić information content (AvgIpc) is 2.70. The molecular weight excluding hydrogens is 364 g/mol. The van der Waals surface area contributed by atoms with E-state index >= 15 is 0 Å². The van der Waals surface area contributed by atoms with Crippen molar-refractivity contribution in [3.05, 3.63) is 20.5 Å². The Hall–Kier alpha value is -0.750. The lowest BCUT2D eigenvalue weighted by atomic mass is 10.2. The minimum absolute atomic E-state index is 0.0432. The summed E-state index contributed by atoms with van der Waals surface area (Å²) in [6.45, 7) is 0. The molecule has 1 aromatic heterocycles. The van der Waals surface area contributed by atoms with Gasteiger partial charge in [-0.1, -0.05) is 11.6 Å². The first-order chi connectivity index (χ1) is 9.61. The Kier molecular flexibility index (Phi) is 4.59.